The summed E-state index contributed by atoms with van der Waals surface area (Å²) >= 11 is 0. The molecule has 3 rings (SSSR count). The van der Waals surface area contributed by atoms with Crippen molar-refractivity contribution in [3.63, 3.8) is 0 Å². The van der Waals surface area contributed by atoms with Crippen molar-refractivity contribution < 1.29 is 14.3 Å². The predicted molar refractivity (Wildman–Crippen MR) is 75.8 cm³/mol. The first-order valence-corrected chi connectivity index (χ1v) is 7.22. The summed E-state index contributed by atoms with van der Waals surface area (Å²) in [6, 6.07) is 0.0584. The zero-order valence-corrected chi connectivity index (χ0v) is 11.9. The fourth-order valence-corrected chi connectivity index (χ4v) is 3.09. The maximum absolute atomic E-state index is 12.6. The van der Waals surface area contributed by atoms with Crippen molar-refractivity contribution in [2.24, 2.45) is 0 Å². The van der Waals surface area contributed by atoms with E-state index in [2.05, 4.69) is 16.5 Å². The van der Waals surface area contributed by atoms with Crippen LogP contribution in [0.1, 0.15) is 23.3 Å². The van der Waals surface area contributed by atoms with E-state index in [1.54, 1.807) is 12.3 Å². The summed E-state index contributed by atoms with van der Waals surface area (Å²) in [5.74, 6) is -0.0780. The monoisotopic (exact) mass is 289 g/mol. The zero-order valence-electron chi connectivity index (χ0n) is 11.9. The van der Waals surface area contributed by atoms with Crippen LogP contribution >= 0.6 is 0 Å². The number of carbonyl (C=O) groups is 1. The van der Waals surface area contributed by atoms with Crippen LogP contribution < -0.4 is 0 Å². The van der Waals surface area contributed by atoms with Crippen molar-refractivity contribution in [3.05, 3.63) is 36.9 Å². The zero-order chi connectivity index (χ0) is 14.7. The molecule has 0 N–H and O–H groups in total. The second-order valence-corrected chi connectivity index (χ2v) is 5.23. The SMILES string of the molecule is C=CCO[C@@H]1CC[C@@H]2[C@H]1OCCN2C(=O)c1cnccn1. The molecular formula is C15H19N3O3. The molecule has 0 bridgehead atoms. The van der Waals surface area contributed by atoms with Gasteiger partial charge in [-0.25, -0.2) is 4.98 Å². The molecule has 2 aliphatic rings. The lowest BCUT2D eigenvalue weighted by molar-refractivity contribution is -0.100. The van der Waals surface area contributed by atoms with E-state index < -0.39 is 0 Å². The predicted octanol–water partition coefficient (Wildman–Crippen LogP) is 1.05. The van der Waals surface area contributed by atoms with E-state index in [4.69, 9.17) is 9.47 Å². The van der Waals surface area contributed by atoms with Gasteiger partial charge in [-0.3, -0.25) is 9.78 Å². The lowest BCUT2D eigenvalue weighted by Crippen LogP contribution is -2.54. The van der Waals surface area contributed by atoms with Gasteiger partial charge in [-0.2, -0.15) is 0 Å². The molecule has 21 heavy (non-hydrogen) atoms. The average Bonchev–Trinajstić information content (AvgIpc) is 2.96. The van der Waals surface area contributed by atoms with E-state index in [0.29, 0.717) is 25.5 Å². The first-order valence-electron chi connectivity index (χ1n) is 7.22. The summed E-state index contributed by atoms with van der Waals surface area (Å²) < 4.78 is 11.6. The number of rotatable bonds is 4. The highest BCUT2D eigenvalue weighted by atomic mass is 16.5. The van der Waals surface area contributed by atoms with Crippen LogP contribution in [0.4, 0.5) is 0 Å². The summed E-state index contributed by atoms with van der Waals surface area (Å²) in [7, 11) is 0. The van der Waals surface area contributed by atoms with Crippen LogP contribution in [0.15, 0.2) is 31.2 Å². The minimum atomic E-state index is -0.0780. The molecule has 1 aromatic rings. The van der Waals surface area contributed by atoms with Gasteiger partial charge in [0.25, 0.3) is 5.91 Å². The Kier molecular flexibility index (Phi) is 4.26. The fourth-order valence-electron chi connectivity index (χ4n) is 3.09. The maximum atomic E-state index is 12.6. The first kappa shape index (κ1) is 14.2. The van der Waals surface area contributed by atoms with Crippen molar-refractivity contribution in [1.29, 1.82) is 0 Å². The lowest BCUT2D eigenvalue weighted by Gasteiger charge is -2.38. The Morgan fingerprint density at radius 1 is 1.52 bits per heavy atom. The number of morpholine rings is 1. The van der Waals surface area contributed by atoms with Crippen LogP contribution in [0.2, 0.25) is 0 Å². The van der Waals surface area contributed by atoms with Crippen molar-refractivity contribution in [2.75, 3.05) is 19.8 Å². The van der Waals surface area contributed by atoms with Gasteiger partial charge in [-0.1, -0.05) is 6.08 Å². The Morgan fingerprint density at radius 3 is 3.19 bits per heavy atom. The molecule has 6 nitrogen and oxygen atoms in total. The minimum Gasteiger partial charge on any atom is -0.372 e. The van der Waals surface area contributed by atoms with E-state index in [1.165, 1.54) is 12.4 Å². The Morgan fingerprint density at radius 2 is 2.43 bits per heavy atom. The van der Waals surface area contributed by atoms with Crippen molar-refractivity contribution >= 4 is 5.91 Å². The number of carbonyl (C=O) groups excluding carboxylic acids is 1. The molecule has 0 spiro atoms. The van der Waals surface area contributed by atoms with Gasteiger partial charge >= 0.3 is 0 Å². The summed E-state index contributed by atoms with van der Waals surface area (Å²) in [4.78, 5) is 22.5. The Hall–Kier alpha value is -1.79. The van der Waals surface area contributed by atoms with E-state index in [-0.39, 0.29) is 24.2 Å². The molecule has 0 radical (unpaired) electrons. The van der Waals surface area contributed by atoms with Crippen molar-refractivity contribution in [2.45, 2.75) is 31.1 Å². The van der Waals surface area contributed by atoms with E-state index in [1.807, 2.05) is 4.90 Å². The molecule has 6 heteroatoms. The molecule has 1 aliphatic heterocycles. The Bertz CT molecular complexity index is 508. The highest BCUT2D eigenvalue weighted by Gasteiger charge is 2.45. The van der Waals surface area contributed by atoms with Crippen molar-refractivity contribution in [1.82, 2.24) is 14.9 Å². The van der Waals surface area contributed by atoms with Gasteiger partial charge in [0.05, 0.1) is 31.6 Å². The molecule has 0 aromatic carbocycles. The van der Waals surface area contributed by atoms with Gasteiger partial charge < -0.3 is 14.4 Å². The Balaban J connectivity index is 1.73. The molecule has 0 unspecified atom stereocenters. The van der Waals surface area contributed by atoms with E-state index in [0.717, 1.165) is 12.8 Å². The molecular weight excluding hydrogens is 270 g/mol. The number of hydrogen-bond acceptors (Lipinski definition) is 5. The number of fused-ring (bicyclic) bond motifs is 1. The average molecular weight is 289 g/mol. The van der Waals surface area contributed by atoms with Crippen LogP contribution in [-0.2, 0) is 9.47 Å². The van der Waals surface area contributed by atoms with Crippen molar-refractivity contribution in [3.8, 4) is 0 Å². The summed E-state index contributed by atoms with van der Waals surface area (Å²) in [5, 5.41) is 0. The van der Waals surface area contributed by atoms with Gasteiger partial charge in [0, 0.05) is 18.9 Å². The molecule has 1 saturated carbocycles. The van der Waals surface area contributed by atoms with Crippen LogP contribution in [0, 0.1) is 0 Å². The smallest absolute Gasteiger partial charge is 0.274 e. The lowest BCUT2D eigenvalue weighted by atomic mass is 10.1. The molecule has 2 heterocycles. The number of hydrogen-bond donors (Lipinski definition) is 0. The van der Waals surface area contributed by atoms with E-state index in [9.17, 15) is 4.79 Å². The highest BCUT2D eigenvalue weighted by Crippen LogP contribution is 2.32. The summed E-state index contributed by atoms with van der Waals surface area (Å²) in [6.45, 7) is 5.29. The minimum absolute atomic E-state index is 0.0328. The van der Waals surface area contributed by atoms with Gasteiger partial charge in [-0.05, 0) is 12.8 Å². The van der Waals surface area contributed by atoms with Gasteiger partial charge in [0.1, 0.15) is 11.8 Å². The fraction of sp³-hybridized carbons (Fsp3) is 0.533. The highest BCUT2D eigenvalue weighted by molar-refractivity contribution is 5.92. The molecule has 2 fully saturated rings. The number of amides is 1. The third-order valence-corrected chi connectivity index (χ3v) is 4.01. The standard InChI is InChI=1S/C15H19N3O3/c1-2-8-20-13-4-3-12-14(13)21-9-7-18(12)15(19)11-10-16-5-6-17-11/h2,5-6,10,12-14H,1,3-4,7-9H2/t12-,13-,14-/m1/s1. The number of ether oxygens (including phenoxy) is 2. The largest absolute Gasteiger partial charge is 0.372 e. The Labute approximate surface area is 123 Å². The molecule has 1 aliphatic carbocycles. The first-order chi connectivity index (χ1) is 10.3. The number of nitrogens with zero attached hydrogens (tertiary/aromatic N) is 3. The van der Waals surface area contributed by atoms with Crippen LogP contribution in [0.25, 0.3) is 0 Å². The normalized spacial score (nSPS) is 28.2. The maximum Gasteiger partial charge on any atom is 0.274 e. The second-order valence-electron chi connectivity index (χ2n) is 5.23. The van der Waals surface area contributed by atoms with Crippen LogP contribution in [0.3, 0.4) is 0 Å². The topological polar surface area (TPSA) is 64.6 Å². The summed E-state index contributed by atoms with van der Waals surface area (Å²) in [5.41, 5.74) is 0.383. The van der Waals surface area contributed by atoms with Gasteiger partial charge in [-0.15, -0.1) is 6.58 Å². The number of aromatic nitrogens is 2. The van der Waals surface area contributed by atoms with E-state index >= 15 is 0 Å². The van der Waals surface area contributed by atoms with Gasteiger partial charge in [0.15, 0.2) is 0 Å². The third kappa shape index (κ3) is 2.82. The molecule has 112 valence electrons. The quantitative estimate of drug-likeness (QED) is 0.775. The molecule has 1 amide bonds. The molecule has 3 atom stereocenters. The molecule has 1 aromatic heterocycles. The van der Waals surface area contributed by atoms with Crippen LogP contribution in [0.5, 0.6) is 0 Å². The third-order valence-electron chi connectivity index (χ3n) is 4.01. The van der Waals surface area contributed by atoms with Crippen LogP contribution in [-0.4, -0.2) is 58.8 Å². The van der Waals surface area contributed by atoms with Gasteiger partial charge in [0.2, 0.25) is 0 Å². The second kappa shape index (κ2) is 6.32. The molecule has 1 saturated heterocycles. The summed E-state index contributed by atoms with van der Waals surface area (Å²) in [6.07, 6.45) is 8.10.